The highest BCUT2D eigenvalue weighted by atomic mass is 16.5. The van der Waals surface area contributed by atoms with E-state index < -0.39 is 0 Å². The zero-order chi connectivity index (χ0) is 19.9. The molecular weight excluding hydrogens is 354 g/mol. The largest absolute Gasteiger partial charge is 0.495 e. The van der Waals surface area contributed by atoms with Gasteiger partial charge in [-0.15, -0.1) is 0 Å². The Balaban J connectivity index is 1.66. The number of rotatable bonds is 7. The van der Waals surface area contributed by atoms with Crippen LogP contribution in [0.3, 0.4) is 0 Å². The number of aryl methyl sites for hydroxylation is 1. The summed E-state index contributed by atoms with van der Waals surface area (Å²) >= 11 is 0. The number of hydrogen-bond donors (Lipinski definition) is 2. The Morgan fingerprint density at radius 1 is 1.04 bits per heavy atom. The number of nitrogens with one attached hydrogen (secondary N) is 2. The Morgan fingerprint density at radius 2 is 1.79 bits per heavy atom. The van der Waals surface area contributed by atoms with E-state index in [-0.39, 0.29) is 5.91 Å². The van der Waals surface area contributed by atoms with E-state index in [4.69, 9.17) is 9.47 Å². The van der Waals surface area contributed by atoms with Crippen molar-refractivity contribution in [2.24, 2.45) is 0 Å². The molecule has 0 radical (unpaired) electrons. The summed E-state index contributed by atoms with van der Waals surface area (Å²) in [6, 6.07) is 16.7. The molecule has 6 heteroatoms. The molecule has 1 heterocycles. The average Bonchev–Trinajstić information content (AvgIpc) is 2.70. The van der Waals surface area contributed by atoms with Gasteiger partial charge in [-0.1, -0.05) is 6.07 Å². The molecule has 0 unspecified atom stereocenters. The predicted molar refractivity (Wildman–Crippen MR) is 111 cm³/mol. The van der Waals surface area contributed by atoms with E-state index in [1.807, 2.05) is 62.4 Å². The lowest BCUT2D eigenvalue weighted by atomic mass is 10.2. The molecule has 2 N–H and O–H groups in total. The van der Waals surface area contributed by atoms with E-state index in [2.05, 4.69) is 15.6 Å². The van der Waals surface area contributed by atoms with Gasteiger partial charge in [0.05, 0.1) is 31.3 Å². The van der Waals surface area contributed by atoms with Gasteiger partial charge in [0, 0.05) is 5.69 Å². The van der Waals surface area contributed by atoms with Crippen molar-refractivity contribution in [3.8, 4) is 11.5 Å². The number of benzene rings is 2. The van der Waals surface area contributed by atoms with Gasteiger partial charge in [-0.25, -0.2) is 4.98 Å². The summed E-state index contributed by atoms with van der Waals surface area (Å²) in [7, 11) is 1.57. The summed E-state index contributed by atoms with van der Waals surface area (Å²) in [5.74, 6) is 1.13. The van der Waals surface area contributed by atoms with Gasteiger partial charge in [0.25, 0.3) is 5.91 Å². The van der Waals surface area contributed by atoms with E-state index in [0.717, 1.165) is 22.7 Å². The van der Waals surface area contributed by atoms with Crippen molar-refractivity contribution in [3.63, 3.8) is 0 Å². The van der Waals surface area contributed by atoms with Crippen molar-refractivity contribution >= 4 is 23.0 Å². The third kappa shape index (κ3) is 4.79. The quantitative estimate of drug-likeness (QED) is 0.619. The maximum absolute atomic E-state index is 12.5. The Morgan fingerprint density at radius 3 is 2.43 bits per heavy atom. The molecule has 0 aliphatic heterocycles. The summed E-state index contributed by atoms with van der Waals surface area (Å²) in [6.07, 6.45) is 1.62. The second-order valence-corrected chi connectivity index (χ2v) is 6.17. The molecule has 3 aromatic rings. The highest BCUT2D eigenvalue weighted by Gasteiger charge is 2.11. The van der Waals surface area contributed by atoms with Crippen molar-refractivity contribution in [2.75, 3.05) is 24.4 Å². The van der Waals surface area contributed by atoms with Gasteiger partial charge in [-0.05, 0) is 67.9 Å². The summed E-state index contributed by atoms with van der Waals surface area (Å²) in [5, 5.41) is 6.09. The Bertz CT molecular complexity index is 938. The van der Waals surface area contributed by atoms with Crippen LogP contribution in [0.15, 0.2) is 60.8 Å². The molecule has 2 aromatic carbocycles. The van der Waals surface area contributed by atoms with Gasteiger partial charge in [-0.2, -0.15) is 0 Å². The number of methoxy groups -OCH3 is 1. The van der Waals surface area contributed by atoms with Gasteiger partial charge in [-0.3, -0.25) is 4.79 Å². The molecule has 28 heavy (non-hydrogen) atoms. The van der Waals surface area contributed by atoms with Crippen molar-refractivity contribution in [2.45, 2.75) is 13.8 Å². The van der Waals surface area contributed by atoms with E-state index in [1.165, 1.54) is 0 Å². The Hall–Kier alpha value is -3.54. The number of anilines is 3. The smallest absolute Gasteiger partial charge is 0.274 e. The monoisotopic (exact) mass is 377 g/mol. The normalized spacial score (nSPS) is 10.2. The molecule has 0 saturated carbocycles. The predicted octanol–water partition coefficient (Wildman–Crippen LogP) is 4.79. The van der Waals surface area contributed by atoms with Gasteiger partial charge in [0.2, 0.25) is 0 Å². The van der Waals surface area contributed by atoms with Crippen molar-refractivity contribution < 1.29 is 14.3 Å². The minimum absolute atomic E-state index is 0.295. The molecule has 1 aromatic heterocycles. The van der Waals surface area contributed by atoms with Gasteiger partial charge >= 0.3 is 0 Å². The van der Waals surface area contributed by atoms with Gasteiger partial charge < -0.3 is 20.1 Å². The number of carbonyl (C=O) groups is 1. The van der Waals surface area contributed by atoms with E-state index in [0.29, 0.717) is 23.7 Å². The maximum atomic E-state index is 12.5. The summed E-state index contributed by atoms with van der Waals surface area (Å²) in [5.41, 5.74) is 3.66. The molecule has 0 bridgehead atoms. The fourth-order valence-electron chi connectivity index (χ4n) is 2.68. The lowest BCUT2D eigenvalue weighted by molar-refractivity contribution is 0.102. The average molecular weight is 377 g/mol. The molecule has 0 saturated heterocycles. The third-order valence-corrected chi connectivity index (χ3v) is 4.05. The Labute approximate surface area is 164 Å². The first-order chi connectivity index (χ1) is 13.6. The van der Waals surface area contributed by atoms with Crippen LogP contribution >= 0.6 is 0 Å². The maximum Gasteiger partial charge on any atom is 0.274 e. The van der Waals surface area contributed by atoms with E-state index in [1.54, 1.807) is 19.4 Å². The van der Waals surface area contributed by atoms with Crippen molar-refractivity contribution in [3.05, 3.63) is 72.1 Å². The number of ether oxygens (including phenoxy) is 2. The highest BCUT2D eigenvalue weighted by molar-refractivity contribution is 6.03. The number of amides is 1. The standard InChI is InChI=1S/C22H23N3O3/c1-4-28-18-9-6-16(7-10-18)24-17-8-11-19(23-14-17)22(26)25-20-13-15(2)5-12-21(20)27-3/h5-14,24H,4H2,1-3H3,(H,25,26). The number of hydrogen-bond acceptors (Lipinski definition) is 5. The molecule has 0 aliphatic carbocycles. The summed E-state index contributed by atoms with van der Waals surface area (Å²) < 4.78 is 10.7. The summed E-state index contributed by atoms with van der Waals surface area (Å²) in [4.78, 5) is 16.8. The minimum Gasteiger partial charge on any atom is -0.495 e. The third-order valence-electron chi connectivity index (χ3n) is 4.05. The van der Waals surface area contributed by atoms with Crippen LogP contribution in [-0.4, -0.2) is 24.6 Å². The zero-order valence-corrected chi connectivity index (χ0v) is 16.2. The van der Waals surface area contributed by atoms with E-state index >= 15 is 0 Å². The summed E-state index contributed by atoms with van der Waals surface area (Å²) in [6.45, 7) is 4.54. The van der Waals surface area contributed by atoms with Crippen LogP contribution in [0.2, 0.25) is 0 Å². The SMILES string of the molecule is CCOc1ccc(Nc2ccc(C(=O)Nc3cc(C)ccc3OC)nc2)cc1. The molecule has 1 amide bonds. The van der Waals surface area contributed by atoms with Crippen LogP contribution in [-0.2, 0) is 0 Å². The molecular formula is C22H23N3O3. The fourth-order valence-corrected chi connectivity index (χ4v) is 2.68. The van der Waals surface area contributed by atoms with Crippen LogP contribution in [0.4, 0.5) is 17.1 Å². The molecule has 0 atom stereocenters. The van der Waals surface area contributed by atoms with E-state index in [9.17, 15) is 4.79 Å². The number of pyridine rings is 1. The first-order valence-electron chi connectivity index (χ1n) is 9.01. The van der Waals surface area contributed by atoms with Crippen LogP contribution in [0.25, 0.3) is 0 Å². The first kappa shape index (κ1) is 19.2. The van der Waals surface area contributed by atoms with Gasteiger partial charge in [0.1, 0.15) is 17.2 Å². The molecule has 3 rings (SSSR count). The Kier molecular flexibility index (Phi) is 6.11. The van der Waals surface area contributed by atoms with Crippen molar-refractivity contribution in [1.82, 2.24) is 4.98 Å². The second-order valence-electron chi connectivity index (χ2n) is 6.17. The first-order valence-corrected chi connectivity index (χ1v) is 9.01. The number of nitrogens with zero attached hydrogens (tertiary/aromatic N) is 1. The minimum atomic E-state index is -0.295. The van der Waals surface area contributed by atoms with Crippen LogP contribution in [0.1, 0.15) is 23.0 Å². The highest BCUT2D eigenvalue weighted by Crippen LogP contribution is 2.26. The zero-order valence-electron chi connectivity index (χ0n) is 16.2. The number of carbonyl (C=O) groups excluding carboxylic acids is 1. The second kappa shape index (κ2) is 8.90. The molecule has 0 aliphatic rings. The van der Waals surface area contributed by atoms with Gasteiger partial charge in [0.15, 0.2) is 0 Å². The lowest BCUT2D eigenvalue weighted by Crippen LogP contribution is -2.14. The topological polar surface area (TPSA) is 72.5 Å². The molecule has 0 fully saturated rings. The molecule has 0 spiro atoms. The number of aromatic nitrogens is 1. The van der Waals surface area contributed by atoms with Crippen LogP contribution < -0.4 is 20.1 Å². The van der Waals surface area contributed by atoms with Crippen LogP contribution in [0, 0.1) is 6.92 Å². The van der Waals surface area contributed by atoms with Crippen LogP contribution in [0.5, 0.6) is 11.5 Å². The van der Waals surface area contributed by atoms with Crippen molar-refractivity contribution in [1.29, 1.82) is 0 Å². The molecule has 6 nitrogen and oxygen atoms in total. The molecule has 144 valence electrons. The fraction of sp³-hybridized carbons (Fsp3) is 0.182. The lowest BCUT2D eigenvalue weighted by Gasteiger charge is -2.11.